The van der Waals surface area contributed by atoms with E-state index in [1.54, 1.807) is 0 Å². The summed E-state index contributed by atoms with van der Waals surface area (Å²) in [6.07, 6.45) is 0.610. The first-order valence-corrected chi connectivity index (χ1v) is 7.28. The molecule has 112 valence electrons. The average molecular weight is 289 g/mol. The molecule has 1 N–H and O–H groups in total. The minimum Gasteiger partial charge on any atom is -0.314 e. The molecule has 0 aliphatic carbocycles. The molecule has 21 heavy (non-hydrogen) atoms. The fraction of sp³-hybridized carbons (Fsp3) is 0.333. The van der Waals surface area contributed by atoms with Crippen molar-refractivity contribution in [2.24, 2.45) is 0 Å². The standard InChI is InChI=1S/C18H21F2N/c1-13(2)21-12-16(15-6-4-3-5-7-15)8-14-9-17(19)11-18(20)10-14/h3-7,9-11,13,16,21H,8,12H2,1-2H3. The highest BCUT2D eigenvalue weighted by molar-refractivity contribution is 5.25. The Morgan fingerprint density at radius 2 is 1.57 bits per heavy atom. The molecule has 1 unspecified atom stereocenters. The van der Waals surface area contributed by atoms with Gasteiger partial charge in [-0.25, -0.2) is 8.78 Å². The van der Waals surface area contributed by atoms with Crippen LogP contribution in [0.4, 0.5) is 8.78 Å². The van der Waals surface area contributed by atoms with E-state index in [9.17, 15) is 8.78 Å². The fourth-order valence-electron chi connectivity index (χ4n) is 2.42. The molecular formula is C18H21F2N. The lowest BCUT2D eigenvalue weighted by Crippen LogP contribution is -2.29. The van der Waals surface area contributed by atoms with Crippen molar-refractivity contribution < 1.29 is 8.78 Å². The summed E-state index contributed by atoms with van der Waals surface area (Å²) in [7, 11) is 0. The molecule has 0 bridgehead atoms. The third-order valence-electron chi connectivity index (χ3n) is 3.45. The zero-order valence-corrected chi connectivity index (χ0v) is 12.4. The van der Waals surface area contributed by atoms with Gasteiger partial charge in [0, 0.05) is 24.6 Å². The lowest BCUT2D eigenvalue weighted by molar-refractivity contribution is 0.523. The Balaban J connectivity index is 2.19. The van der Waals surface area contributed by atoms with Gasteiger partial charge in [0.2, 0.25) is 0 Å². The van der Waals surface area contributed by atoms with E-state index >= 15 is 0 Å². The van der Waals surface area contributed by atoms with Crippen LogP contribution in [0.15, 0.2) is 48.5 Å². The van der Waals surface area contributed by atoms with Gasteiger partial charge >= 0.3 is 0 Å². The molecule has 0 saturated carbocycles. The van der Waals surface area contributed by atoms with Crippen molar-refractivity contribution in [1.82, 2.24) is 5.32 Å². The van der Waals surface area contributed by atoms with Gasteiger partial charge in [-0.15, -0.1) is 0 Å². The molecule has 0 heterocycles. The normalized spacial score (nSPS) is 12.6. The second-order valence-corrected chi connectivity index (χ2v) is 5.65. The van der Waals surface area contributed by atoms with Crippen LogP contribution in [0.2, 0.25) is 0 Å². The number of hydrogen-bond acceptors (Lipinski definition) is 1. The summed E-state index contributed by atoms with van der Waals surface area (Å²) >= 11 is 0. The van der Waals surface area contributed by atoms with Gasteiger partial charge in [0.1, 0.15) is 11.6 Å². The van der Waals surface area contributed by atoms with Gasteiger partial charge in [-0.1, -0.05) is 44.2 Å². The van der Waals surface area contributed by atoms with E-state index in [-0.39, 0.29) is 5.92 Å². The van der Waals surface area contributed by atoms with Crippen LogP contribution in [-0.2, 0) is 6.42 Å². The highest BCUT2D eigenvalue weighted by atomic mass is 19.1. The third kappa shape index (κ3) is 4.94. The smallest absolute Gasteiger partial charge is 0.126 e. The zero-order valence-electron chi connectivity index (χ0n) is 12.4. The molecule has 0 amide bonds. The Bertz CT molecular complexity index is 546. The highest BCUT2D eigenvalue weighted by Crippen LogP contribution is 2.21. The average Bonchev–Trinajstić information content (AvgIpc) is 2.43. The Labute approximate surface area is 125 Å². The summed E-state index contributed by atoms with van der Waals surface area (Å²) < 4.78 is 26.7. The number of nitrogens with one attached hydrogen (secondary N) is 1. The lowest BCUT2D eigenvalue weighted by atomic mass is 9.91. The molecular weight excluding hydrogens is 268 g/mol. The molecule has 2 rings (SSSR count). The van der Waals surface area contributed by atoms with Gasteiger partial charge in [-0.05, 0) is 29.7 Å². The third-order valence-corrected chi connectivity index (χ3v) is 3.45. The Hall–Kier alpha value is -1.74. The second-order valence-electron chi connectivity index (χ2n) is 5.65. The van der Waals surface area contributed by atoms with Gasteiger partial charge < -0.3 is 5.32 Å². The molecule has 0 saturated heterocycles. The summed E-state index contributed by atoms with van der Waals surface area (Å²) in [5, 5.41) is 3.41. The van der Waals surface area contributed by atoms with Crippen molar-refractivity contribution >= 4 is 0 Å². The predicted molar refractivity (Wildman–Crippen MR) is 82.4 cm³/mol. The van der Waals surface area contributed by atoms with E-state index in [2.05, 4.69) is 31.3 Å². The van der Waals surface area contributed by atoms with Gasteiger partial charge in [0.25, 0.3) is 0 Å². The van der Waals surface area contributed by atoms with Crippen molar-refractivity contribution in [1.29, 1.82) is 0 Å². The van der Waals surface area contributed by atoms with Crippen molar-refractivity contribution in [3.05, 3.63) is 71.3 Å². The van der Waals surface area contributed by atoms with Crippen LogP contribution in [0.1, 0.15) is 30.9 Å². The maximum atomic E-state index is 13.3. The molecule has 0 aliphatic heterocycles. The molecule has 2 aromatic carbocycles. The predicted octanol–water partition coefficient (Wildman–Crippen LogP) is 4.29. The van der Waals surface area contributed by atoms with E-state index in [1.165, 1.54) is 17.7 Å². The monoisotopic (exact) mass is 289 g/mol. The van der Waals surface area contributed by atoms with E-state index in [0.29, 0.717) is 18.0 Å². The van der Waals surface area contributed by atoms with Crippen LogP contribution in [0.25, 0.3) is 0 Å². The number of hydrogen-bond donors (Lipinski definition) is 1. The lowest BCUT2D eigenvalue weighted by Gasteiger charge is -2.20. The van der Waals surface area contributed by atoms with Crippen molar-refractivity contribution in [2.45, 2.75) is 32.2 Å². The zero-order chi connectivity index (χ0) is 15.2. The van der Waals surface area contributed by atoms with Crippen molar-refractivity contribution in [2.75, 3.05) is 6.54 Å². The number of halogens is 2. The van der Waals surface area contributed by atoms with Gasteiger partial charge in [0.05, 0.1) is 0 Å². The van der Waals surface area contributed by atoms with Gasteiger partial charge in [0.15, 0.2) is 0 Å². The Morgan fingerprint density at radius 3 is 2.14 bits per heavy atom. The first-order valence-electron chi connectivity index (χ1n) is 7.28. The SMILES string of the molecule is CC(C)NCC(Cc1cc(F)cc(F)c1)c1ccccc1. The summed E-state index contributed by atoms with van der Waals surface area (Å²) in [6.45, 7) is 4.95. The molecule has 1 atom stereocenters. The largest absolute Gasteiger partial charge is 0.314 e. The van der Waals surface area contributed by atoms with Crippen LogP contribution in [0.3, 0.4) is 0 Å². The van der Waals surface area contributed by atoms with Crippen molar-refractivity contribution in [3.63, 3.8) is 0 Å². The number of benzene rings is 2. The summed E-state index contributed by atoms with van der Waals surface area (Å²) in [5.74, 6) is -0.850. The fourth-order valence-corrected chi connectivity index (χ4v) is 2.42. The first kappa shape index (κ1) is 15.6. The second kappa shape index (κ2) is 7.32. The van der Waals surface area contributed by atoms with E-state index in [1.807, 2.05) is 18.2 Å². The molecule has 0 spiro atoms. The van der Waals surface area contributed by atoms with Gasteiger partial charge in [-0.3, -0.25) is 0 Å². The van der Waals surface area contributed by atoms with Crippen LogP contribution in [0, 0.1) is 11.6 Å². The molecule has 0 radical (unpaired) electrons. The summed E-state index contributed by atoms with van der Waals surface area (Å²) in [6, 6.07) is 14.2. The maximum Gasteiger partial charge on any atom is 0.126 e. The van der Waals surface area contributed by atoms with Crippen LogP contribution in [0.5, 0.6) is 0 Å². The van der Waals surface area contributed by atoms with Crippen LogP contribution in [-0.4, -0.2) is 12.6 Å². The van der Waals surface area contributed by atoms with Crippen molar-refractivity contribution in [3.8, 4) is 0 Å². The molecule has 2 aromatic rings. The molecule has 0 aromatic heterocycles. The van der Waals surface area contributed by atoms with Gasteiger partial charge in [-0.2, -0.15) is 0 Å². The Morgan fingerprint density at radius 1 is 0.952 bits per heavy atom. The van der Waals surface area contributed by atoms with Crippen LogP contribution < -0.4 is 5.32 Å². The van der Waals surface area contributed by atoms with E-state index in [4.69, 9.17) is 0 Å². The maximum absolute atomic E-state index is 13.3. The van der Waals surface area contributed by atoms with E-state index in [0.717, 1.165) is 12.6 Å². The quantitative estimate of drug-likeness (QED) is 0.836. The summed E-state index contributed by atoms with van der Waals surface area (Å²) in [5.41, 5.74) is 1.86. The Kier molecular flexibility index (Phi) is 5.45. The summed E-state index contributed by atoms with van der Waals surface area (Å²) in [4.78, 5) is 0. The highest BCUT2D eigenvalue weighted by Gasteiger charge is 2.14. The van der Waals surface area contributed by atoms with E-state index < -0.39 is 11.6 Å². The molecule has 0 aliphatic rings. The molecule has 1 nitrogen and oxygen atoms in total. The topological polar surface area (TPSA) is 12.0 Å². The van der Waals surface area contributed by atoms with Crippen LogP contribution >= 0.6 is 0 Å². The minimum atomic E-state index is -0.520. The molecule has 3 heteroatoms. The first-order chi connectivity index (χ1) is 10.0. The number of rotatable bonds is 6. The minimum absolute atomic E-state index is 0.190. The molecule has 0 fully saturated rings.